The van der Waals surface area contributed by atoms with Crippen LogP contribution in [0.5, 0.6) is 0 Å². The van der Waals surface area contributed by atoms with Crippen LogP contribution in [0.25, 0.3) is 0 Å². The molecular formula is C39H54BrN3O5. The van der Waals surface area contributed by atoms with Gasteiger partial charge in [-0.15, -0.1) is 0 Å². The van der Waals surface area contributed by atoms with Crippen molar-refractivity contribution in [2.45, 2.75) is 79.3 Å². The predicted octanol–water partition coefficient (Wildman–Crippen LogP) is 8.17. The minimum absolute atomic E-state index is 0. The molecule has 4 rings (SSSR count). The smallest absolute Gasteiger partial charge is 0.338 e. The summed E-state index contributed by atoms with van der Waals surface area (Å²) in [5.41, 5.74) is 9.97. The molecule has 0 unspecified atom stereocenters. The van der Waals surface area contributed by atoms with Crippen LogP contribution in [0.4, 0.5) is 5.69 Å². The summed E-state index contributed by atoms with van der Waals surface area (Å²) in [5, 5.41) is 0. The number of nitrogens with zero attached hydrogens (tertiary/aromatic N) is 2. The fourth-order valence-corrected chi connectivity index (χ4v) is 6.26. The zero-order valence-corrected chi connectivity index (χ0v) is 29.7. The Bertz CT molecular complexity index is 1360. The lowest BCUT2D eigenvalue weighted by Crippen LogP contribution is -2.36. The number of ether oxygens (including phenoxy) is 2. The first-order valence-corrected chi connectivity index (χ1v) is 17.5. The number of halogens is 1. The Labute approximate surface area is 296 Å². The van der Waals surface area contributed by atoms with Crippen molar-refractivity contribution in [1.82, 2.24) is 9.80 Å². The number of benzene rings is 3. The van der Waals surface area contributed by atoms with Gasteiger partial charge in [-0.05, 0) is 66.0 Å². The summed E-state index contributed by atoms with van der Waals surface area (Å²) in [7, 11) is 0. The maximum Gasteiger partial charge on any atom is 0.338 e. The molecule has 8 nitrogen and oxygen atoms in total. The zero-order chi connectivity index (χ0) is 34.0. The second-order valence-corrected chi connectivity index (χ2v) is 12.6. The van der Waals surface area contributed by atoms with Gasteiger partial charge in [-0.2, -0.15) is 0 Å². The number of hydrogen-bond acceptors (Lipinski definition) is 8. The second-order valence-electron chi connectivity index (χ2n) is 11.8. The third-order valence-corrected chi connectivity index (χ3v) is 8.94. The van der Waals surface area contributed by atoms with Crippen LogP contribution < -0.4 is 5.73 Å². The van der Waals surface area contributed by atoms with Gasteiger partial charge in [-0.1, -0.05) is 101 Å². The molecule has 3 aromatic carbocycles. The van der Waals surface area contributed by atoms with Crippen molar-refractivity contribution in [3.8, 4) is 0 Å². The molecule has 0 heterocycles. The van der Waals surface area contributed by atoms with Crippen LogP contribution in [0.3, 0.4) is 0 Å². The maximum absolute atomic E-state index is 12.8. The first kappa shape index (κ1) is 40.6. The molecule has 48 heavy (non-hydrogen) atoms. The highest BCUT2D eigenvalue weighted by Gasteiger charge is 2.22. The summed E-state index contributed by atoms with van der Waals surface area (Å²) < 4.78 is 11.3. The fourth-order valence-electron chi connectivity index (χ4n) is 5.75. The number of carbonyl (C=O) groups is 3. The molecule has 2 N–H and O–H groups in total. The largest absolute Gasteiger partial charge is 0.465 e. The van der Waals surface area contributed by atoms with Crippen molar-refractivity contribution in [2.75, 3.05) is 45.1 Å². The van der Waals surface area contributed by atoms with Gasteiger partial charge in [0.1, 0.15) is 13.2 Å². The Hall–Kier alpha value is -3.53. The van der Waals surface area contributed by atoms with Gasteiger partial charge >= 0.3 is 11.9 Å². The number of hydrogen-bond donors (Lipinski definition) is 1. The fraction of sp³-hybridized carbons (Fsp3) is 0.462. The molecule has 3 aromatic rings. The lowest BCUT2D eigenvalue weighted by atomic mass is 9.93. The van der Waals surface area contributed by atoms with E-state index in [9.17, 15) is 14.4 Å². The van der Waals surface area contributed by atoms with Crippen LogP contribution in [0.15, 0.2) is 77.3 Å². The Morgan fingerprint density at radius 3 is 1.90 bits per heavy atom. The van der Waals surface area contributed by atoms with E-state index in [1.54, 1.807) is 6.07 Å². The van der Waals surface area contributed by atoms with Crippen molar-refractivity contribution in [3.63, 3.8) is 0 Å². The second kappa shape index (κ2) is 22.2. The van der Waals surface area contributed by atoms with Gasteiger partial charge in [0, 0.05) is 48.2 Å². The molecule has 0 saturated heterocycles. The molecule has 262 valence electrons. The quantitative estimate of drug-likeness (QED) is 0.0952. The summed E-state index contributed by atoms with van der Waals surface area (Å²) in [4.78, 5) is 40.2. The molecule has 0 aliphatic heterocycles. The molecule has 1 aliphatic carbocycles. The minimum Gasteiger partial charge on any atom is -0.465 e. The van der Waals surface area contributed by atoms with Crippen molar-refractivity contribution in [2.24, 2.45) is 0 Å². The van der Waals surface area contributed by atoms with Gasteiger partial charge in [0.25, 0.3) is 0 Å². The van der Waals surface area contributed by atoms with E-state index in [0.29, 0.717) is 37.0 Å². The van der Waals surface area contributed by atoms with E-state index >= 15 is 0 Å². The molecule has 0 bridgehead atoms. The average molecular weight is 725 g/mol. The summed E-state index contributed by atoms with van der Waals surface area (Å²) >= 11 is 3.52. The van der Waals surface area contributed by atoms with E-state index in [1.807, 2.05) is 66.7 Å². The van der Waals surface area contributed by atoms with Crippen LogP contribution >= 0.6 is 15.9 Å². The Kier molecular flexibility index (Phi) is 18.8. The topological polar surface area (TPSA) is 102 Å². The van der Waals surface area contributed by atoms with E-state index in [1.165, 1.54) is 39.0 Å². The maximum atomic E-state index is 12.8. The van der Waals surface area contributed by atoms with Crippen molar-refractivity contribution < 1.29 is 23.9 Å². The van der Waals surface area contributed by atoms with E-state index < -0.39 is 0 Å². The first-order valence-electron chi connectivity index (χ1n) is 16.7. The number of ketones is 1. The van der Waals surface area contributed by atoms with Crippen molar-refractivity contribution >= 4 is 39.3 Å². The molecule has 0 atom stereocenters. The van der Waals surface area contributed by atoms with Gasteiger partial charge in [0.2, 0.25) is 0 Å². The zero-order valence-electron chi connectivity index (χ0n) is 28.1. The normalized spacial score (nSPS) is 12.9. The molecule has 0 amide bonds. The van der Waals surface area contributed by atoms with Crippen LogP contribution in [0.2, 0.25) is 0 Å². The van der Waals surface area contributed by atoms with E-state index in [-0.39, 0.29) is 31.8 Å². The van der Waals surface area contributed by atoms with Crippen molar-refractivity contribution in [3.05, 3.63) is 99.5 Å². The van der Waals surface area contributed by atoms with E-state index in [0.717, 1.165) is 47.2 Å². The van der Waals surface area contributed by atoms with Crippen molar-refractivity contribution in [1.29, 1.82) is 0 Å². The van der Waals surface area contributed by atoms with Gasteiger partial charge < -0.3 is 15.2 Å². The lowest BCUT2D eigenvalue weighted by molar-refractivity contribution is -0.141. The molecule has 9 heteroatoms. The Morgan fingerprint density at radius 1 is 0.812 bits per heavy atom. The molecule has 1 aliphatic rings. The highest BCUT2D eigenvalue weighted by atomic mass is 79.9. The number of nitrogens with two attached hydrogens (primary N) is 1. The van der Waals surface area contributed by atoms with E-state index in [4.69, 9.17) is 15.2 Å². The minimum atomic E-state index is -0.353. The molecular weight excluding hydrogens is 670 g/mol. The van der Waals surface area contributed by atoms with Gasteiger partial charge in [0.15, 0.2) is 5.78 Å². The number of esters is 2. The number of nitrogen functional groups attached to an aromatic ring is 1. The summed E-state index contributed by atoms with van der Waals surface area (Å²) in [6, 6.07) is 22.8. The molecule has 1 fully saturated rings. The number of rotatable bonds is 15. The lowest BCUT2D eigenvalue weighted by Gasteiger charge is -2.34. The highest BCUT2D eigenvalue weighted by Crippen LogP contribution is 2.30. The summed E-state index contributed by atoms with van der Waals surface area (Å²) in [6.07, 6.45) is 7.30. The van der Waals surface area contributed by atoms with Crippen LogP contribution in [-0.2, 0) is 20.8 Å². The standard InChI is InChI=1S/C25H40BrN3O4.C13H10O.CH4/c1-4-11-28(12-14-32-19(3)30)13-15-33-25(31)20-16-21(24(27)23(26)17-20)18-29(5-2)22-9-7-6-8-10-22;14-13(11-7-3-1-4-8-11)12-9-5-2-6-10-12;/h16-17,22H,4-15,18,27H2,1-3H3;1-10H;1H4. The SMILES string of the molecule is C.CCCN(CCOC(C)=O)CCOC(=O)c1cc(Br)c(N)c(CN(CC)C2CCCCC2)c1.O=C(c1ccccc1)c1ccccc1. The molecule has 1 saturated carbocycles. The monoisotopic (exact) mass is 723 g/mol. The van der Waals surface area contributed by atoms with Crippen LogP contribution in [-0.4, -0.2) is 73.0 Å². The van der Waals surface area contributed by atoms with Crippen LogP contribution in [0, 0.1) is 0 Å². The van der Waals surface area contributed by atoms with Gasteiger partial charge in [-0.3, -0.25) is 19.4 Å². The molecule has 0 radical (unpaired) electrons. The Balaban J connectivity index is 0.000000442. The van der Waals surface area contributed by atoms with Crippen LogP contribution in [0.1, 0.15) is 98.6 Å². The number of carbonyl (C=O) groups excluding carboxylic acids is 3. The Morgan fingerprint density at radius 2 is 1.38 bits per heavy atom. The highest BCUT2D eigenvalue weighted by molar-refractivity contribution is 9.10. The van der Waals surface area contributed by atoms with Gasteiger partial charge in [0.05, 0.1) is 11.3 Å². The molecule has 0 aromatic heterocycles. The third-order valence-electron chi connectivity index (χ3n) is 8.29. The first-order chi connectivity index (χ1) is 22.7. The summed E-state index contributed by atoms with van der Waals surface area (Å²) in [6.45, 7) is 10.0. The predicted molar refractivity (Wildman–Crippen MR) is 198 cm³/mol. The summed E-state index contributed by atoms with van der Waals surface area (Å²) in [5.74, 6) is -0.562. The van der Waals surface area contributed by atoms with E-state index in [2.05, 4.69) is 39.6 Å². The third kappa shape index (κ3) is 13.5. The number of anilines is 1. The molecule has 0 spiro atoms. The van der Waals surface area contributed by atoms with Gasteiger partial charge in [-0.25, -0.2) is 4.79 Å². The average Bonchev–Trinajstić information content (AvgIpc) is 3.09.